The van der Waals surface area contributed by atoms with Gasteiger partial charge in [-0.2, -0.15) is 4.72 Å². The lowest BCUT2D eigenvalue weighted by molar-refractivity contribution is -0.144. The highest BCUT2D eigenvalue weighted by atomic mass is 32.2. The van der Waals surface area contributed by atoms with Crippen LogP contribution in [0.2, 0.25) is 0 Å². The van der Waals surface area contributed by atoms with E-state index in [2.05, 4.69) is 14.4 Å². The van der Waals surface area contributed by atoms with E-state index in [0.29, 0.717) is 5.01 Å². The number of sulfonamides is 1. The van der Waals surface area contributed by atoms with Crippen molar-refractivity contribution < 1.29 is 27.9 Å². The van der Waals surface area contributed by atoms with E-state index in [4.69, 9.17) is 5.11 Å². The topological polar surface area (TPSA) is 123 Å². The Morgan fingerprint density at radius 2 is 2.19 bits per heavy atom. The van der Waals surface area contributed by atoms with E-state index in [1.165, 1.54) is 0 Å². The highest BCUT2D eigenvalue weighted by Gasteiger charge is 2.27. The first-order chi connectivity index (χ1) is 9.76. The molecule has 0 fully saturated rings. The average molecular weight is 336 g/mol. The summed E-state index contributed by atoms with van der Waals surface area (Å²) in [5, 5.41) is 9.59. The Balaban J connectivity index is 2.74. The molecule has 1 heterocycles. The first-order valence-corrected chi connectivity index (χ1v) is 8.39. The predicted octanol–water partition coefficient (Wildman–Crippen LogP) is 0.526. The third-order valence-corrected chi connectivity index (χ3v) is 5.25. The van der Waals surface area contributed by atoms with Gasteiger partial charge in [-0.3, -0.25) is 9.59 Å². The number of nitrogens with zero attached hydrogens (tertiary/aromatic N) is 1. The molecule has 0 aliphatic rings. The molecule has 0 amide bonds. The van der Waals surface area contributed by atoms with Crippen molar-refractivity contribution in [2.45, 2.75) is 36.9 Å². The fraction of sp³-hybridized carbons (Fsp3) is 0.545. The van der Waals surface area contributed by atoms with Crippen LogP contribution in [0.4, 0.5) is 0 Å². The van der Waals surface area contributed by atoms with Gasteiger partial charge < -0.3 is 9.84 Å². The van der Waals surface area contributed by atoms with Crippen molar-refractivity contribution in [3.63, 3.8) is 0 Å². The Morgan fingerprint density at radius 1 is 1.52 bits per heavy atom. The maximum atomic E-state index is 12.0. The third kappa shape index (κ3) is 5.40. The summed E-state index contributed by atoms with van der Waals surface area (Å²) < 4.78 is 30.7. The summed E-state index contributed by atoms with van der Waals surface area (Å²) in [6.07, 6.45) is 0.785. The SMILES string of the molecule is CCOC(=O)CC[C@H](NS(=O)(=O)c1cnc(C)s1)C(=O)O. The number of ether oxygens (including phenoxy) is 1. The van der Waals surface area contributed by atoms with Crippen LogP contribution in [0.5, 0.6) is 0 Å². The van der Waals surface area contributed by atoms with Gasteiger partial charge in [-0.25, -0.2) is 13.4 Å². The maximum Gasteiger partial charge on any atom is 0.321 e. The normalized spacial score (nSPS) is 12.9. The van der Waals surface area contributed by atoms with E-state index in [9.17, 15) is 18.0 Å². The second kappa shape index (κ2) is 7.48. The summed E-state index contributed by atoms with van der Waals surface area (Å²) in [6.45, 7) is 3.45. The zero-order valence-electron chi connectivity index (χ0n) is 11.5. The van der Waals surface area contributed by atoms with E-state index in [-0.39, 0.29) is 23.7 Å². The van der Waals surface area contributed by atoms with Crippen molar-refractivity contribution in [1.29, 1.82) is 0 Å². The van der Waals surface area contributed by atoms with Gasteiger partial charge in [-0.1, -0.05) is 0 Å². The van der Waals surface area contributed by atoms with Gasteiger partial charge in [0.15, 0.2) is 4.21 Å². The summed E-state index contributed by atoms with van der Waals surface area (Å²) in [7, 11) is -3.97. The van der Waals surface area contributed by atoms with Gasteiger partial charge in [0.1, 0.15) is 6.04 Å². The van der Waals surface area contributed by atoms with Gasteiger partial charge in [0.25, 0.3) is 10.0 Å². The smallest absolute Gasteiger partial charge is 0.321 e. The van der Waals surface area contributed by atoms with Crippen molar-refractivity contribution in [3.05, 3.63) is 11.2 Å². The molecule has 0 aromatic carbocycles. The average Bonchev–Trinajstić information content (AvgIpc) is 2.82. The number of carboxylic acid groups (broad SMARTS) is 1. The summed E-state index contributed by atoms with van der Waals surface area (Å²) in [5.74, 6) is -1.93. The summed E-state index contributed by atoms with van der Waals surface area (Å²) in [5.41, 5.74) is 0. The van der Waals surface area contributed by atoms with Gasteiger partial charge in [0.05, 0.1) is 17.8 Å². The fourth-order valence-corrected chi connectivity index (χ4v) is 3.79. The molecule has 8 nitrogen and oxygen atoms in total. The van der Waals surface area contributed by atoms with Crippen molar-refractivity contribution in [1.82, 2.24) is 9.71 Å². The summed E-state index contributed by atoms with van der Waals surface area (Å²) >= 11 is 0.935. The second-order valence-electron chi connectivity index (χ2n) is 4.05. The zero-order valence-corrected chi connectivity index (χ0v) is 13.2. The van der Waals surface area contributed by atoms with E-state index in [1.807, 2.05) is 0 Å². The van der Waals surface area contributed by atoms with Gasteiger partial charge in [-0.05, 0) is 20.3 Å². The molecular weight excluding hydrogens is 320 g/mol. The molecule has 0 aliphatic heterocycles. The lowest BCUT2D eigenvalue weighted by atomic mass is 10.2. The van der Waals surface area contributed by atoms with Gasteiger partial charge in [-0.15, -0.1) is 11.3 Å². The Hall–Kier alpha value is -1.52. The van der Waals surface area contributed by atoms with Crippen molar-refractivity contribution in [2.75, 3.05) is 6.61 Å². The molecule has 2 N–H and O–H groups in total. The molecule has 0 saturated heterocycles. The number of aliphatic carboxylic acids is 1. The minimum Gasteiger partial charge on any atom is -0.480 e. The predicted molar refractivity (Wildman–Crippen MR) is 74.5 cm³/mol. The first kappa shape index (κ1) is 17.5. The van der Waals surface area contributed by atoms with Crippen LogP contribution in [0.3, 0.4) is 0 Å². The number of thiazole rings is 1. The molecule has 1 atom stereocenters. The number of aromatic nitrogens is 1. The molecule has 1 rings (SSSR count). The summed E-state index contributed by atoms with van der Waals surface area (Å²) in [4.78, 5) is 26.1. The molecule has 0 unspecified atom stereocenters. The number of hydrogen-bond donors (Lipinski definition) is 2. The Labute approximate surface area is 126 Å². The van der Waals surface area contributed by atoms with Crippen LogP contribution in [-0.4, -0.2) is 43.1 Å². The molecule has 0 bridgehead atoms. The van der Waals surface area contributed by atoms with Crippen molar-refractivity contribution >= 4 is 33.3 Å². The molecule has 0 radical (unpaired) electrons. The van der Waals surface area contributed by atoms with E-state index in [0.717, 1.165) is 17.5 Å². The van der Waals surface area contributed by atoms with Crippen molar-refractivity contribution in [2.24, 2.45) is 0 Å². The minimum absolute atomic E-state index is 0.0672. The monoisotopic (exact) mass is 336 g/mol. The molecule has 21 heavy (non-hydrogen) atoms. The molecule has 1 aromatic heterocycles. The second-order valence-corrected chi connectivity index (χ2v) is 7.23. The number of rotatable bonds is 8. The lowest BCUT2D eigenvalue weighted by Crippen LogP contribution is -2.40. The zero-order chi connectivity index (χ0) is 16.0. The van der Waals surface area contributed by atoms with Crippen LogP contribution in [0.25, 0.3) is 0 Å². The first-order valence-electron chi connectivity index (χ1n) is 6.09. The lowest BCUT2D eigenvalue weighted by Gasteiger charge is -2.13. The molecule has 0 saturated carbocycles. The molecule has 0 spiro atoms. The molecule has 0 aliphatic carbocycles. The molecule has 118 valence electrons. The van der Waals surface area contributed by atoms with Gasteiger partial charge in [0, 0.05) is 6.42 Å². The fourth-order valence-electron chi connectivity index (χ4n) is 1.44. The van der Waals surface area contributed by atoms with E-state index < -0.39 is 28.0 Å². The van der Waals surface area contributed by atoms with Crippen molar-refractivity contribution in [3.8, 4) is 0 Å². The molecular formula is C11H16N2O6S2. The standard InChI is InChI=1S/C11H16N2O6S2/c1-3-19-9(14)5-4-8(11(15)16)13-21(17,18)10-6-12-7(2)20-10/h6,8,13H,3-5H2,1-2H3,(H,15,16)/t8-/m0/s1. The highest BCUT2D eigenvalue weighted by molar-refractivity contribution is 7.91. The largest absolute Gasteiger partial charge is 0.480 e. The number of carbonyl (C=O) groups excluding carboxylic acids is 1. The quantitative estimate of drug-likeness (QED) is 0.664. The summed E-state index contributed by atoms with van der Waals surface area (Å²) in [6, 6.07) is -1.40. The molecule has 10 heteroatoms. The molecule has 1 aromatic rings. The number of carbonyl (C=O) groups is 2. The highest BCUT2D eigenvalue weighted by Crippen LogP contribution is 2.18. The number of carboxylic acids is 1. The van der Waals surface area contributed by atoms with Crippen LogP contribution >= 0.6 is 11.3 Å². The maximum absolute atomic E-state index is 12.0. The Bertz CT molecular complexity index is 610. The van der Waals surface area contributed by atoms with Crippen LogP contribution < -0.4 is 4.72 Å². The van der Waals surface area contributed by atoms with Gasteiger partial charge in [0.2, 0.25) is 0 Å². The number of nitrogens with one attached hydrogen (secondary N) is 1. The van der Waals surface area contributed by atoms with E-state index >= 15 is 0 Å². The van der Waals surface area contributed by atoms with E-state index in [1.54, 1.807) is 13.8 Å². The van der Waals surface area contributed by atoms with Gasteiger partial charge >= 0.3 is 11.9 Å². The Morgan fingerprint density at radius 3 is 2.67 bits per heavy atom. The van der Waals surface area contributed by atoms with Crippen LogP contribution in [0.15, 0.2) is 10.4 Å². The number of hydrogen-bond acceptors (Lipinski definition) is 7. The number of esters is 1. The van der Waals surface area contributed by atoms with Crippen LogP contribution in [0.1, 0.15) is 24.8 Å². The van der Waals surface area contributed by atoms with Crippen LogP contribution in [-0.2, 0) is 24.3 Å². The Kier molecular flexibility index (Phi) is 6.24. The third-order valence-electron chi connectivity index (χ3n) is 2.40. The van der Waals surface area contributed by atoms with Crippen LogP contribution in [0, 0.1) is 6.92 Å². The number of aryl methyl sites for hydroxylation is 1. The minimum atomic E-state index is -3.97.